The number of aromatic nitrogens is 1. The first-order valence-corrected chi connectivity index (χ1v) is 11.8. The number of hydrogen-bond acceptors (Lipinski definition) is 6. The Labute approximate surface area is 197 Å². The molecule has 3 aromatic heterocycles. The number of nitrogens with zero attached hydrogens (tertiary/aromatic N) is 1. The number of anilines is 2. The number of benzene rings is 1. The maximum Gasteiger partial charge on any atom is 0.291 e. The lowest BCUT2D eigenvalue weighted by Crippen LogP contribution is -2.17. The SMILES string of the molecule is CCOc1ccc([C@H](Nc2cc(C)ccn2)c2cc(CC)sc2NC(=O)c2ccco2)cc1. The fraction of sp³-hybridized carbons (Fsp3) is 0.231. The number of ether oxygens (including phenoxy) is 1. The van der Waals surface area contributed by atoms with Crippen LogP contribution in [-0.4, -0.2) is 17.5 Å². The van der Waals surface area contributed by atoms with Gasteiger partial charge in [-0.25, -0.2) is 4.98 Å². The molecule has 170 valence electrons. The van der Waals surface area contributed by atoms with Gasteiger partial charge in [0.15, 0.2) is 5.76 Å². The first kappa shape index (κ1) is 22.6. The molecule has 3 heterocycles. The number of rotatable bonds is 9. The molecular formula is C26H27N3O3S. The van der Waals surface area contributed by atoms with E-state index in [9.17, 15) is 4.79 Å². The Hall–Kier alpha value is -3.58. The van der Waals surface area contributed by atoms with E-state index >= 15 is 0 Å². The summed E-state index contributed by atoms with van der Waals surface area (Å²) in [5.74, 6) is 1.59. The highest BCUT2D eigenvalue weighted by molar-refractivity contribution is 7.16. The van der Waals surface area contributed by atoms with E-state index in [1.54, 1.807) is 29.7 Å². The molecule has 4 rings (SSSR count). The number of amides is 1. The van der Waals surface area contributed by atoms with E-state index in [1.165, 1.54) is 11.1 Å². The maximum absolute atomic E-state index is 12.8. The third-order valence-corrected chi connectivity index (χ3v) is 6.39. The Balaban J connectivity index is 1.74. The zero-order chi connectivity index (χ0) is 23.2. The predicted molar refractivity (Wildman–Crippen MR) is 132 cm³/mol. The minimum Gasteiger partial charge on any atom is -0.494 e. The largest absolute Gasteiger partial charge is 0.494 e. The van der Waals surface area contributed by atoms with Gasteiger partial charge in [0.2, 0.25) is 0 Å². The van der Waals surface area contributed by atoms with E-state index in [4.69, 9.17) is 9.15 Å². The van der Waals surface area contributed by atoms with Gasteiger partial charge < -0.3 is 19.8 Å². The van der Waals surface area contributed by atoms with Crippen molar-refractivity contribution in [3.63, 3.8) is 0 Å². The summed E-state index contributed by atoms with van der Waals surface area (Å²) in [7, 11) is 0. The van der Waals surface area contributed by atoms with Gasteiger partial charge in [0, 0.05) is 16.6 Å². The molecule has 0 fully saturated rings. The summed E-state index contributed by atoms with van der Waals surface area (Å²) in [6.45, 7) is 6.72. The molecule has 0 aliphatic carbocycles. The molecule has 0 saturated heterocycles. The average Bonchev–Trinajstić information content (AvgIpc) is 3.49. The molecule has 6 nitrogen and oxygen atoms in total. The molecule has 0 radical (unpaired) electrons. The fourth-order valence-corrected chi connectivity index (χ4v) is 4.57. The van der Waals surface area contributed by atoms with Crippen LogP contribution in [0.3, 0.4) is 0 Å². The van der Waals surface area contributed by atoms with Gasteiger partial charge in [0.1, 0.15) is 16.6 Å². The van der Waals surface area contributed by atoms with Crippen LogP contribution in [0.2, 0.25) is 0 Å². The van der Waals surface area contributed by atoms with Crippen LogP contribution in [0.4, 0.5) is 10.8 Å². The molecule has 7 heteroatoms. The van der Waals surface area contributed by atoms with Crippen LogP contribution >= 0.6 is 11.3 Å². The Bertz CT molecular complexity index is 1200. The zero-order valence-electron chi connectivity index (χ0n) is 18.9. The number of pyridine rings is 1. The van der Waals surface area contributed by atoms with Crippen molar-refractivity contribution < 1.29 is 13.9 Å². The summed E-state index contributed by atoms with van der Waals surface area (Å²) in [5.41, 5.74) is 3.13. The van der Waals surface area contributed by atoms with Gasteiger partial charge in [0.25, 0.3) is 5.91 Å². The van der Waals surface area contributed by atoms with Crippen molar-refractivity contribution in [1.82, 2.24) is 4.98 Å². The summed E-state index contributed by atoms with van der Waals surface area (Å²) in [5, 5.41) is 7.40. The van der Waals surface area contributed by atoms with Crippen molar-refractivity contribution in [1.29, 1.82) is 0 Å². The number of hydrogen-bond donors (Lipinski definition) is 2. The number of furan rings is 1. The van der Waals surface area contributed by atoms with Gasteiger partial charge in [-0.15, -0.1) is 11.3 Å². The summed E-state index contributed by atoms with van der Waals surface area (Å²) in [6, 6.07) is 17.3. The molecule has 2 N–H and O–H groups in total. The van der Waals surface area contributed by atoms with E-state index < -0.39 is 0 Å². The molecule has 1 amide bonds. The van der Waals surface area contributed by atoms with Crippen LogP contribution < -0.4 is 15.4 Å². The van der Waals surface area contributed by atoms with Crippen molar-refractivity contribution in [2.45, 2.75) is 33.2 Å². The fourth-order valence-electron chi connectivity index (χ4n) is 3.54. The van der Waals surface area contributed by atoms with Crippen LogP contribution in [0.1, 0.15) is 52.0 Å². The minimum absolute atomic E-state index is 0.224. The quantitative estimate of drug-likeness (QED) is 0.299. The molecule has 0 spiro atoms. The van der Waals surface area contributed by atoms with Crippen molar-refractivity contribution >= 4 is 28.1 Å². The first-order chi connectivity index (χ1) is 16.1. The molecule has 0 aliphatic rings. The average molecular weight is 462 g/mol. The summed E-state index contributed by atoms with van der Waals surface area (Å²) in [6.07, 6.45) is 4.15. The van der Waals surface area contributed by atoms with Crippen molar-refractivity contribution in [3.05, 3.63) is 94.4 Å². The van der Waals surface area contributed by atoms with Crippen molar-refractivity contribution in [3.8, 4) is 5.75 Å². The maximum atomic E-state index is 12.8. The molecule has 1 aromatic carbocycles. The van der Waals surface area contributed by atoms with Gasteiger partial charge >= 0.3 is 0 Å². The predicted octanol–water partition coefficient (Wildman–Crippen LogP) is 6.46. The Kier molecular flexibility index (Phi) is 7.10. The monoisotopic (exact) mass is 461 g/mol. The second-order valence-electron chi connectivity index (χ2n) is 7.58. The van der Waals surface area contributed by atoms with E-state index in [2.05, 4.69) is 28.6 Å². The number of nitrogens with one attached hydrogen (secondary N) is 2. The summed E-state index contributed by atoms with van der Waals surface area (Å²) < 4.78 is 10.9. The molecule has 0 aliphatic heterocycles. The Morgan fingerprint density at radius 2 is 1.97 bits per heavy atom. The lowest BCUT2D eigenvalue weighted by atomic mass is 9.99. The number of aryl methyl sites for hydroxylation is 2. The van der Waals surface area contributed by atoms with E-state index in [0.29, 0.717) is 6.61 Å². The molecule has 1 atom stereocenters. The number of carbonyl (C=O) groups excluding carboxylic acids is 1. The van der Waals surface area contributed by atoms with Crippen LogP contribution in [0.25, 0.3) is 0 Å². The number of carbonyl (C=O) groups is 1. The second-order valence-corrected chi connectivity index (χ2v) is 8.72. The third-order valence-electron chi connectivity index (χ3n) is 5.18. The highest BCUT2D eigenvalue weighted by Crippen LogP contribution is 2.38. The third kappa shape index (κ3) is 5.43. The normalized spacial score (nSPS) is 11.7. The van der Waals surface area contributed by atoms with Crippen LogP contribution in [0.5, 0.6) is 5.75 Å². The standard InChI is InChI=1S/C26H27N3O3S/c1-4-20-16-21(26(33-20)29-25(30)22-7-6-14-32-22)24(28-23-15-17(3)12-13-27-23)18-8-10-19(11-9-18)31-5-2/h6-16,24H,4-5H2,1-3H3,(H,27,28)(H,29,30)/t24-/m0/s1. The second kappa shape index (κ2) is 10.4. The van der Waals surface area contributed by atoms with Gasteiger partial charge in [-0.1, -0.05) is 19.1 Å². The Morgan fingerprint density at radius 1 is 1.15 bits per heavy atom. The zero-order valence-corrected chi connectivity index (χ0v) is 19.7. The molecule has 4 aromatic rings. The molecule has 0 saturated carbocycles. The molecular weight excluding hydrogens is 434 g/mol. The smallest absolute Gasteiger partial charge is 0.291 e. The van der Waals surface area contributed by atoms with E-state index in [-0.39, 0.29) is 17.7 Å². The summed E-state index contributed by atoms with van der Waals surface area (Å²) >= 11 is 1.57. The van der Waals surface area contributed by atoms with Crippen LogP contribution in [0.15, 0.2) is 71.5 Å². The van der Waals surface area contributed by atoms with Crippen LogP contribution in [0, 0.1) is 6.92 Å². The topological polar surface area (TPSA) is 76.4 Å². The van der Waals surface area contributed by atoms with Gasteiger partial charge in [-0.05, 0) is 73.9 Å². The lowest BCUT2D eigenvalue weighted by molar-refractivity contribution is 0.0997. The highest BCUT2D eigenvalue weighted by Gasteiger charge is 2.23. The van der Waals surface area contributed by atoms with Crippen molar-refractivity contribution in [2.24, 2.45) is 0 Å². The van der Waals surface area contributed by atoms with E-state index in [0.717, 1.165) is 39.7 Å². The summed E-state index contributed by atoms with van der Waals surface area (Å²) in [4.78, 5) is 18.4. The molecule has 0 unspecified atom stereocenters. The van der Waals surface area contributed by atoms with Gasteiger partial charge in [0.05, 0.1) is 18.9 Å². The minimum atomic E-state index is -0.273. The molecule has 33 heavy (non-hydrogen) atoms. The van der Waals surface area contributed by atoms with Gasteiger partial charge in [-0.2, -0.15) is 0 Å². The Morgan fingerprint density at radius 3 is 2.64 bits per heavy atom. The van der Waals surface area contributed by atoms with Gasteiger partial charge in [-0.3, -0.25) is 4.79 Å². The van der Waals surface area contributed by atoms with Crippen LogP contribution in [-0.2, 0) is 6.42 Å². The van der Waals surface area contributed by atoms with Crippen molar-refractivity contribution in [2.75, 3.05) is 17.2 Å². The van der Waals surface area contributed by atoms with E-state index in [1.807, 2.05) is 50.2 Å². The lowest BCUT2D eigenvalue weighted by Gasteiger charge is -2.21. The molecule has 0 bridgehead atoms. The number of thiophene rings is 1. The first-order valence-electron chi connectivity index (χ1n) is 11.0. The highest BCUT2D eigenvalue weighted by atomic mass is 32.1.